The number of rotatable bonds is 1. The van der Waals surface area contributed by atoms with Gasteiger partial charge in [0.25, 0.3) is 0 Å². The summed E-state index contributed by atoms with van der Waals surface area (Å²) in [5.41, 5.74) is 3.32. The van der Waals surface area contributed by atoms with E-state index in [9.17, 15) is 15.0 Å². The van der Waals surface area contributed by atoms with Crippen LogP contribution in [0.5, 0.6) is 0 Å². The third kappa shape index (κ3) is 3.68. The van der Waals surface area contributed by atoms with Crippen LogP contribution in [0, 0.1) is 40.9 Å². The highest BCUT2D eigenvalue weighted by Crippen LogP contribution is 2.64. The largest absolute Gasteiger partial charge is 0.369 e. The van der Waals surface area contributed by atoms with Gasteiger partial charge in [-0.25, -0.2) is 4.90 Å². The summed E-state index contributed by atoms with van der Waals surface area (Å²) in [5.74, 6) is 3.63. The van der Waals surface area contributed by atoms with Crippen molar-refractivity contribution in [3.05, 3.63) is 11.1 Å². The zero-order chi connectivity index (χ0) is 24.7. The fourth-order valence-corrected chi connectivity index (χ4v) is 10.1. The Labute approximate surface area is 210 Å². The summed E-state index contributed by atoms with van der Waals surface area (Å²) in [6, 6.07) is 0.0834. The van der Waals surface area contributed by atoms with Gasteiger partial charge >= 0.3 is 0 Å². The number of carbonyl (C=O) groups is 1. The van der Waals surface area contributed by atoms with Crippen molar-refractivity contribution in [3.8, 4) is 0 Å². The molecule has 0 unspecified atom stereocenters. The Kier molecular flexibility index (Phi) is 5.95. The van der Waals surface area contributed by atoms with E-state index in [-0.39, 0.29) is 35.0 Å². The fourth-order valence-electron chi connectivity index (χ4n) is 10.1. The molecule has 6 rings (SSSR count). The van der Waals surface area contributed by atoms with Crippen molar-refractivity contribution in [2.45, 2.75) is 110 Å². The molecule has 0 aromatic heterocycles. The number of fused-ring (bicyclic) bond motifs is 6. The Hall–Kier alpha value is -0.950. The number of allylic oxidation sites excluding steroid dienone is 1. The Morgan fingerprint density at radius 2 is 1.97 bits per heavy atom. The fraction of sp³-hybridized carbons (Fsp3) is 0.897. The number of aliphatic hydroxyl groups is 2. The molecule has 3 heterocycles. The summed E-state index contributed by atoms with van der Waals surface area (Å²) in [6.07, 6.45) is 8.38. The van der Waals surface area contributed by atoms with E-state index in [2.05, 4.69) is 33.0 Å². The Morgan fingerprint density at radius 1 is 1.17 bits per heavy atom. The van der Waals surface area contributed by atoms with Gasteiger partial charge in [-0.3, -0.25) is 4.79 Å². The molecule has 3 saturated heterocycles. The van der Waals surface area contributed by atoms with Crippen LogP contribution in [0.25, 0.3) is 0 Å². The second-order valence-electron chi connectivity index (χ2n) is 13.6. The minimum absolute atomic E-state index is 0.0834. The molecule has 6 aliphatic rings. The Bertz CT molecular complexity index is 903. The molecule has 5 fully saturated rings. The van der Waals surface area contributed by atoms with E-state index in [1.54, 1.807) is 11.1 Å². The first-order valence-electron chi connectivity index (χ1n) is 14.4. The highest BCUT2D eigenvalue weighted by Gasteiger charge is 2.60. The number of aliphatic hydroxyl groups excluding tert-OH is 1. The van der Waals surface area contributed by atoms with Gasteiger partial charge in [-0.15, -0.1) is 0 Å². The highest BCUT2D eigenvalue weighted by atomic mass is 16.5. The van der Waals surface area contributed by atoms with Crippen LogP contribution in [-0.4, -0.2) is 58.3 Å². The second kappa shape index (κ2) is 8.54. The van der Waals surface area contributed by atoms with Crippen LogP contribution in [0.15, 0.2) is 11.1 Å². The van der Waals surface area contributed by atoms with Crippen molar-refractivity contribution in [1.29, 1.82) is 0 Å². The van der Waals surface area contributed by atoms with Crippen molar-refractivity contribution in [3.63, 3.8) is 0 Å². The molecule has 1 amide bonds. The van der Waals surface area contributed by atoms with E-state index in [1.165, 1.54) is 25.7 Å². The number of hydrogen-bond donors (Lipinski definition) is 3. The predicted octanol–water partition coefficient (Wildman–Crippen LogP) is 3.82. The number of nitrogens with one attached hydrogen (secondary N) is 1. The van der Waals surface area contributed by atoms with Gasteiger partial charge in [0.1, 0.15) is 0 Å². The van der Waals surface area contributed by atoms with Crippen molar-refractivity contribution >= 4 is 5.91 Å². The lowest BCUT2D eigenvalue weighted by atomic mass is 9.55. The van der Waals surface area contributed by atoms with Crippen molar-refractivity contribution < 1.29 is 19.7 Å². The van der Waals surface area contributed by atoms with Crippen LogP contribution in [0.4, 0.5) is 0 Å². The number of ether oxygens (including phenoxy) is 1. The standard InChI is InChI=1S/C29H46N2O4/c1-16-11-24-26(31(15-16)27(33)34)18(3)29(35-24)10-7-20-21-6-5-19-14-30-25(32)8-9-28(19,4)23(21)12-22(20)17(2)13-29/h16,18-21,23-24,26-27,33-34H,5-15H2,1-4H3,(H,30,32)/t16-,18+,19+,20-,21-,23-,24+,26-,28-,29-/m0/s1. The van der Waals surface area contributed by atoms with Crippen molar-refractivity contribution in [1.82, 2.24) is 10.2 Å². The summed E-state index contributed by atoms with van der Waals surface area (Å²) in [5, 5.41) is 23.5. The maximum absolute atomic E-state index is 12.2. The van der Waals surface area contributed by atoms with Crippen LogP contribution >= 0.6 is 0 Å². The maximum atomic E-state index is 12.2. The topological polar surface area (TPSA) is 82.0 Å². The second-order valence-corrected chi connectivity index (χ2v) is 13.6. The van der Waals surface area contributed by atoms with Crippen LogP contribution in [0.2, 0.25) is 0 Å². The normalized spacial score (nSPS) is 50.3. The number of hydrogen-bond acceptors (Lipinski definition) is 5. The molecule has 0 bridgehead atoms. The van der Waals surface area contributed by atoms with E-state index in [0.717, 1.165) is 44.7 Å². The first-order valence-corrected chi connectivity index (χ1v) is 14.4. The molecule has 3 N–H and O–H groups in total. The molecule has 0 aromatic carbocycles. The SMILES string of the molecule is CC1=C2C[C@H]3[C@@H](CC[C@@H]4CNC(=O)CC[C@@]43C)[C@@H]2CC[C@@]2(C1)O[C@@H]1C[C@H](C)CN(C(O)O)[C@H]1[C@H]2C. The Balaban J connectivity index is 1.28. The lowest BCUT2D eigenvalue weighted by Crippen LogP contribution is -2.55. The summed E-state index contributed by atoms with van der Waals surface area (Å²) in [4.78, 5) is 14.1. The Morgan fingerprint density at radius 3 is 2.74 bits per heavy atom. The number of amides is 1. The zero-order valence-electron chi connectivity index (χ0n) is 22.1. The first kappa shape index (κ1) is 24.4. The van der Waals surface area contributed by atoms with Gasteiger partial charge in [-0.2, -0.15) is 0 Å². The van der Waals surface area contributed by atoms with Crippen LogP contribution in [0.3, 0.4) is 0 Å². The molecule has 1 spiro atoms. The quantitative estimate of drug-likeness (QED) is 0.388. The lowest BCUT2D eigenvalue weighted by molar-refractivity contribution is -0.195. The third-order valence-electron chi connectivity index (χ3n) is 11.9. The summed E-state index contributed by atoms with van der Waals surface area (Å²) in [7, 11) is 0. The molecule has 2 saturated carbocycles. The molecule has 3 aliphatic heterocycles. The first-order chi connectivity index (χ1) is 16.6. The predicted molar refractivity (Wildman–Crippen MR) is 134 cm³/mol. The van der Waals surface area contributed by atoms with Gasteiger partial charge in [0, 0.05) is 31.5 Å². The molecule has 35 heavy (non-hydrogen) atoms. The average molecular weight is 487 g/mol. The monoisotopic (exact) mass is 486 g/mol. The van der Waals surface area contributed by atoms with Gasteiger partial charge in [0.05, 0.1) is 11.7 Å². The van der Waals surface area contributed by atoms with E-state index in [1.807, 2.05) is 4.90 Å². The summed E-state index contributed by atoms with van der Waals surface area (Å²) >= 11 is 0. The number of likely N-dealkylation sites (tertiary alicyclic amines) is 1. The van der Waals surface area contributed by atoms with Crippen molar-refractivity contribution in [2.75, 3.05) is 13.1 Å². The van der Waals surface area contributed by atoms with Crippen LogP contribution < -0.4 is 5.32 Å². The van der Waals surface area contributed by atoms with Gasteiger partial charge in [-0.1, -0.05) is 31.9 Å². The maximum Gasteiger partial charge on any atom is 0.220 e. The van der Waals surface area contributed by atoms with Gasteiger partial charge < -0.3 is 20.3 Å². The molecule has 10 atom stereocenters. The summed E-state index contributed by atoms with van der Waals surface area (Å²) in [6.45, 7) is 11.0. The van der Waals surface area contributed by atoms with Crippen molar-refractivity contribution in [2.24, 2.45) is 40.9 Å². The van der Waals surface area contributed by atoms with Crippen LogP contribution in [0.1, 0.15) is 85.5 Å². The molecular weight excluding hydrogens is 440 g/mol. The number of nitrogens with zero attached hydrogens (tertiary/aromatic N) is 1. The molecule has 6 nitrogen and oxygen atoms in total. The molecular formula is C29H46N2O4. The van der Waals surface area contributed by atoms with Crippen LogP contribution in [-0.2, 0) is 9.53 Å². The number of piperidine rings is 1. The van der Waals surface area contributed by atoms with E-state index in [4.69, 9.17) is 4.74 Å². The van der Waals surface area contributed by atoms with Gasteiger partial charge in [0.15, 0.2) is 0 Å². The molecule has 3 aliphatic carbocycles. The molecule has 196 valence electrons. The summed E-state index contributed by atoms with van der Waals surface area (Å²) < 4.78 is 7.00. The molecule has 0 radical (unpaired) electrons. The average Bonchev–Trinajstić information content (AvgIpc) is 3.20. The highest BCUT2D eigenvalue weighted by molar-refractivity contribution is 5.76. The third-order valence-corrected chi connectivity index (χ3v) is 11.9. The lowest BCUT2D eigenvalue weighted by Gasteiger charge is -2.49. The molecule has 0 aromatic rings. The minimum Gasteiger partial charge on any atom is -0.369 e. The molecule has 6 heteroatoms. The van der Waals surface area contributed by atoms with E-state index >= 15 is 0 Å². The smallest absolute Gasteiger partial charge is 0.220 e. The zero-order valence-corrected chi connectivity index (χ0v) is 22.1. The minimum atomic E-state index is -1.41. The van der Waals surface area contributed by atoms with E-state index < -0.39 is 6.41 Å². The van der Waals surface area contributed by atoms with E-state index in [0.29, 0.717) is 30.1 Å². The van der Waals surface area contributed by atoms with Gasteiger partial charge in [-0.05, 0) is 93.3 Å². The van der Waals surface area contributed by atoms with Gasteiger partial charge in [0.2, 0.25) is 12.3 Å². The number of carbonyl (C=O) groups excluding carboxylic acids is 1.